The lowest BCUT2D eigenvalue weighted by Gasteiger charge is -2.14. The number of halogens is 1. The van der Waals surface area contributed by atoms with Crippen LogP contribution in [0.3, 0.4) is 0 Å². The van der Waals surface area contributed by atoms with E-state index in [0.29, 0.717) is 30.6 Å². The minimum atomic E-state index is -0.305. The molecule has 4 rings (SSSR count). The number of rotatable bonds is 6. The summed E-state index contributed by atoms with van der Waals surface area (Å²) in [5.74, 6) is 2.15. The summed E-state index contributed by atoms with van der Waals surface area (Å²) in [4.78, 5) is 4.31. The van der Waals surface area contributed by atoms with Gasteiger partial charge < -0.3 is 19.3 Å². The number of nitrogens with one attached hydrogen (secondary N) is 1. The zero-order chi connectivity index (χ0) is 18.5. The monoisotopic (exact) mass is 369 g/mol. The van der Waals surface area contributed by atoms with Crippen molar-refractivity contribution in [1.82, 2.24) is 15.5 Å². The van der Waals surface area contributed by atoms with Crippen LogP contribution in [-0.4, -0.2) is 22.8 Å². The van der Waals surface area contributed by atoms with Gasteiger partial charge in [-0.25, -0.2) is 4.39 Å². The lowest BCUT2D eigenvalue weighted by molar-refractivity contribution is 0.258. The van der Waals surface area contributed by atoms with Gasteiger partial charge in [-0.05, 0) is 48.7 Å². The lowest BCUT2D eigenvalue weighted by atomic mass is 10.1. The molecule has 1 aliphatic heterocycles. The van der Waals surface area contributed by atoms with Crippen LogP contribution in [0, 0.1) is 5.82 Å². The van der Waals surface area contributed by atoms with Crippen LogP contribution in [0.25, 0.3) is 0 Å². The second-order valence-electron chi connectivity index (χ2n) is 6.38. The number of nitrogens with zero attached hydrogens (tertiary/aromatic N) is 2. The molecule has 1 unspecified atom stereocenters. The Balaban J connectivity index is 1.25. The first-order valence-electron chi connectivity index (χ1n) is 8.90. The van der Waals surface area contributed by atoms with Crippen molar-refractivity contribution >= 4 is 0 Å². The van der Waals surface area contributed by atoms with Crippen molar-refractivity contribution < 1.29 is 18.4 Å². The van der Waals surface area contributed by atoms with Crippen molar-refractivity contribution in [3.63, 3.8) is 0 Å². The van der Waals surface area contributed by atoms with Crippen LogP contribution in [0.5, 0.6) is 11.5 Å². The number of aryl methyl sites for hydroxylation is 1. The first-order chi connectivity index (χ1) is 13.3. The Kier molecular flexibility index (Phi) is 5.29. The van der Waals surface area contributed by atoms with E-state index in [-0.39, 0.29) is 18.5 Å². The zero-order valence-corrected chi connectivity index (χ0v) is 14.7. The fourth-order valence-electron chi connectivity index (χ4n) is 2.95. The fourth-order valence-corrected chi connectivity index (χ4v) is 2.95. The minimum absolute atomic E-state index is 0.164. The number of fused-ring (bicyclic) bond motifs is 1. The van der Waals surface area contributed by atoms with E-state index in [9.17, 15) is 4.39 Å². The van der Waals surface area contributed by atoms with E-state index in [1.165, 1.54) is 17.7 Å². The standard InChI is InChI=1S/C20H20FN3O3/c21-15-6-9-17(10-7-15)25-13-19-23-20(27-24-19)11-22-16-8-5-14-3-1-2-4-18(14)26-12-16/h1-4,6-7,9-10,16,22H,5,8,11-13H2. The number of benzene rings is 2. The third kappa shape index (κ3) is 4.62. The number of hydrogen-bond acceptors (Lipinski definition) is 6. The predicted octanol–water partition coefficient (Wildman–Crippen LogP) is 3.27. The van der Waals surface area contributed by atoms with Crippen LogP contribution in [0.1, 0.15) is 23.7 Å². The van der Waals surface area contributed by atoms with E-state index in [1.807, 2.05) is 18.2 Å². The molecule has 0 bridgehead atoms. The first-order valence-corrected chi connectivity index (χ1v) is 8.90. The van der Waals surface area contributed by atoms with E-state index < -0.39 is 0 Å². The predicted molar refractivity (Wildman–Crippen MR) is 95.9 cm³/mol. The average Bonchev–Trinajstić information content (AvgIpc) is 3.05. The lowest BCUT2D eigenvalue weighted by Crippen LogP contribution is -2.33. The smallest absolute Gasteiger partial charge is 0.240 e. The van der Waals surface area contributed by atoms with Crippen LogP contribution in [-0.2, 0) is 19.6 Å². The molecule has 140 valence electrons. The summed E-state index contributed by atoms with van der Waals surface area (Å²) in [6.45, 7) is 1.23. The third-order valence-corrected chi connectivity index (χ3v) is 4.41. The summed E-state index contributed by atoms with van der Waals surface area (Å²) in [6.07, 6.45) is 1.94. The Morgan fingerprint density at radius 3 is 2.89 bits per heavy atom. The molecule has 0 saturated heterocycles. The maximum absolute atomic E-state index is 12.9. The quantitative estimate of drug-likeness (QED) is 0.719. The maximum atomic E-state index is 12.9. The van der Waals surface area contributed by atoms with Crippen molar-refractivity contribution in [1.29, 1.82) is 0 Å². The highest BCUT2D eigenvalue weighted by Gasteiger charge is 2.17. The number of para-hydroxylation sites is 1. The van der Waals surface area contributed by atoms with E-state index in [2.05, 4.69) is 21.5 Å². The highest BCUT2D eigenvalue weighted by Crippen LogP contribution is 2.23. The van der Waals surface area contributed by atoms with Gasteiger partial charge in [0.1, 0.15) is 23.9 Å². The van der Waals surface area contributed by atoms with Crippen molar-refractivity contribution in [2.45, 2.75) is 32.0 Å². The van der Waals surface area contributed by atoms with Gasteiger partial charge in [0.2, 0.25) is 11.7 Å². The van der Waals surface area contributed by atoms with E-state index in [0.717, 1.165) is 18.6 Å². The second kappa shape index (κ2) is 8.18. The zero-order valence-electron chi connectivity index (χ0n) is 14.7. The Bertz CT molecular complexity index is 855. The van der Waals surface area contributed by atoms with Crippen molar-refractivity contribution in [3.05, 3.63) is 71.6 Å². The second-order valence-corrected chi connectivity index (χ2v) is 6.38. The van der Waals surface area contributed by atoms with Gasteiger partial charge in [-0.3, -0.25) is 0 Å². The summed E-state index contributed by atoms with van der Waals surface area (Å²) in [7, 11) is 0. The van der Waals surface area contributed by atoms with Crippen LogP contribution in [0.4, 0.5) is 4.39 Å². The molecule has 0 radical (unpaired) electrons. The summed E-state index contributed by atoms with van der Waals surface area (Å²) >= 11 is 0. The topological polar surface area (TPSA) is 69.4 Å². The molecule has 0 spiro atoms. The van der Waals surface area contributed by atoms with Crippen molar-refractivity contribution in [2.75, 3.05) is 6.61 Å². The highest BCUT2D eigenvalue weighted by atomic mass is 19.1. The molecule has 6 nitrogen and oxygen atoms in total. The molecule has 1 aromatic heterocycles. The Morgan fingerprint density at radius 1 is 1.15 bits per heavy atom. The Hall–Kier alpha value is -2.93. The van der Waals surface area contributed by atoms with Crippen molar-refractivity contribution in [2.24, 2.45) is 0 Å². The molecular formula is C20H20FN3O3. The molecule has 2 aromatic carbocycles. The van der Waals surface area contributed by atoms with Crippen LogP contribution < -0.4 is 14.8 Å². The third-order valence-electron chi connectivity index (χ3n) is 4.41. The van der Waals surface area contributed by atoms with E-state index in [4.69, 9.17) is 14.0 Å². The number of hydrogen-bond donors (Lipinski definition) is 1. The van der Waals surface area contributed by atoms with Gasteiger partial charge in [0.05, 0.1) is 6.54 Å². The highest BCUT2D eigenvalue weighted by molar-refractivity contribution is 5.34. The summed E-state index contributed by atoms with van der Waals surface area (Å²) in [5, 5.41) is 7.31. The summed E-state index contributed by atoms with van der Waals surface area (Å²) in [5.41, 5.74) is 1.24. The van der Waals surface area contributed by atoms with Gasteiger partial charge >= 0.3 is 0 Å². The Labute approximate surface area is 156 Å². The maximum Gasteiger partial charge on any atom is 0.240 e. The molecule has 2 heterocycles. The first kappa shape index (κ1) is 17.5. The molecule has 27 heavy (non-hydrogen) atoms. The SMILES string of the molecule is Fc1ccc(OCc2noc(CNC3CCc4ccccc4OC3)n2)cc1. The number of aromatic nitrogens is 2. The van der Waals surface area contributed by atoms with Gasteiger partial charge in [0.25, 0.3) is 0 Å². The molecule has 1 N–H and O–H groups in total. The van der Waals surface area contributed by atoms with Gasteiger partial charge in [-0.15, -0.1) is 0 Å². The average molecular weight is 369 g/mol. The summed E-state index contributed by atoms with van der Waals surface area (Å²) < 4.78 is 29.5. The van der Waals surface area contributed by atoms with Gasteiger partial charge in [-0.2, -0.15) is 4.98 Å². The van der Waals surface area contributed by atoms with Crippen LogP contribution in [0.15, 0.2) is 53.1 Å². The number of ether oxygens (including phenoxy) is 2. The normalized spacial score (nSPS) is 16.3. The Morgan fingerprint density at radius 2 is 2.00 bits per heavy atom. The van der Waals surface area contributed by atoms with E-state index in [1.54, 1.807) is 12.1 Å². The fraction of sp³-hybridized carbons (Fsp3) is 0.300. The molecule has 1 aliphatic rings. The van der Waals surface area contributed by atoms with Crippen LogP contribution in [0.2, 0.25) is 0 Å². The minimum Gasteiger partial charge on any atom is -0.492 e. The molecule has 7 heteroatoms. The van der Waals surface area contributed by atoms with Gasteiger partial charge in [0, 0.05) is 6.04 Å². The molecule has 3 aromatic rings. The van der Waals surface area contributed by atoms with Crippen molar-refractivity contribution in [3.8, 4) is 11.5 Å². The molecule has 0 aliphatic carbocycles. The molecular weight excluding hydrogens is 349 g/mol. The summed E-state index contributed by atoms with van der Waals surface area (Å²) in [6, 6.07) is 14.1. The van der Waals surface area contributed by atoms with Gasteiger partial charge in [-0.1, -0.05) is 23.4 Å². The largest absolute Gasteiger partial charge is 0.492 e. The van der Waals surface area contributed by atoms with Crippen LogP contribution >= 0.6 is 0 Å². The molecule has 1 atom stereocenters. The molecule has 0 fully saturated rings. The van der Waals surface area contributed by atoms with E-state index >= 15 is 0 Å². The molecule has 0 amide bonds. The van der Waals surface area contributed by atoms with Gasteiger partial charge in [0.15, 0.2) is 6.61 Å². The molecule has 0 saturated carbocycles.